The Kier molecular flexibility index (Phi) is 4.61. The van der Waals surface area contributed by atoms with Gasteiger partial charge in [-0.2, -0.15) is 0 Å². The van der Waals surface area contributed by atoms with Gasteiger partial charge in [0.1, 0.15) is 11.5 Å². The van der Waals surface area contributed by atoms with Crippen molar-refractivity contribution >= 4 is 0 Å². The topological polar surface area (TPSA) is 40.5 Å². The Hall–Kier alpha value is -1.96. The van der Waals surface area contributed by atoms with E-state index in [0.29, 0.717) is 17.4 Å². The second-order valence-electron chi connectivity index (χ2n) is 7.01. The summed E-state index contributed by atoms with van der Waals surface area (Å²) in [5.74, 6) is 2.13. The van der Waals surface area contributed by atoms with Crippen LogP contribution in [0.4, 0.5) is 0 Å². The van der Waals surface area contributed by atoms with Gasteiger partial charge in [-0.15, -0.1) is 0 Å². The van der Waals surface area contributed by atoms with Crippen molar-refractivity contribution in [2.45, 2.75) is 51.9 Å². The van der Waals surface area contributed by atoms with Gasteiger partial charge < -0.3 is 10.2 Å². The lowest BCUT2D eigenvalue weighted by Gasteiger charge is -2.29. The molecule has 1 aliphatic rings. The summed E-state index contributed by atoms with van der Waals surface area (Å²) < 4.78 is 0. The van der Waals surface area contributed by atoms with Crippen molar-refractivity contribution in [2.75, 3.05) is 0 Å². The van der Waals surface area contributed by atoms with Gasteiger partial charge in [-0.1, -0.05) is 18.2 Å². The van der Waals surface area contributed by atoms with E-state index in [9.17, 15) is 10.2 Å². The average molecular weight is 310 g/mol. The van der Waals surface area contributed by atoms with E-state index >= 15 is 0 Å². The van der Waals surface area contributed by atoms with E-state index in [1.807, 2.05) is 13.0 Å². The molecule has 0 bridgehead atoms. The molecule has 0 unspecified atom stereocenters. The summed E-state index contributed by atoms with van der Waals surface area (Å²) in [7, 11) is 0. The molecule has 0 aromatic heterocycles. The highest BCUT2D eigenvalue weighted by Crippen LogP contribution is 2.38. The Morgan fingerprint density at radius 3 is 2.13 bits per heavy atom. The third-order valence-corrected chi connectivity index (χ3v) is 5.59. The van der Waals surface area contributed by atoms with Crippen LogP contribution in [-0.4, -0.2) is 10.2 Å². The molecule has 122 valence electrons. The number of phenols is 2. The van der Waals surface area contributed by atoms with E-state index in [1.54, 1.807) is 12.1 Å². The Balaban J connectivity index is 1.61. The van der Waals surface area contributed by atoms with Crippen LogP contribution in [0.2, 0.25) is 0 Å². The molecule has 0 spiro atoms. The van der Waals surface area contributed by atoms with E-state index in [-0.39, 0.29) is 0 Å². The van der Waals surface area contributed by atoms with Gasteiger partial charge in [0.05, 0.1) is 0 Å². The van der Waals surface area contributed by atoms with E-state index in [1.165, 1.54) is 42.4 Å². The van der Waals surface area contributed by atoms with E-state index in [4.69, 9.17) is 0 Å². The quantitative estimate of drug-likeness (QED) is 0.814. The summed E-state index contributed by atoms with van der Waals surface area (Å²) in [5.41, 5.74) is 5.00. The maximum absolute atomic E-state index is 9.79. The van der Waals surface area contributed by atoms with Crippen LogP contribution in [0, 0.1) is 19.8 Å². The third kappa shape index (κ3) is 3.52. The Bertz CT molecular complexity index is 665. The van der Waals surface area contributed by atoms with Crippen molar-refractivity contribution in [1.82, 2.24) is 0 Å². The highest BCUT2D eigenvalue weighted by molar-refractivity contribution is 5.42. The third-order valence-electron chi connectivity index (χ3n) is 5.59. The number of rotatable bonds is 3. The lowest BCUT2D eigenvalue weighted by molar-refractivity contribution is 0.324. The van der Waals surface area contributed by atoms with Gasteiger partial charge in [-0.05, 0) is 98.2 Å². The molecular weight excluding hydrogens is 284 g/mol. The summed E-state index contributed by atoms with van der Waals surface area (Å²) in [6, 6.07) is 11.6. The fourth-order valence-corrected chi connectivity index (χ4v) is 3.84. The first-order valence-electron chi connectivity index (χ1n) is 8.61. The predicted molar refractivity (Wildman–Crippen MR) is 94.1 cm³/mol. The first-order valence-corrected chi connectivity index (χ1v) is 8.61. The van der Waals surface area contributed by atoms with Gasteiger partial charge in [0.25, 0.3) is 0 Å². The monoisotopic (exact) mass is 310 g/mol. The minimum atomic E-state index is 0.348. The molecule has 0 radical (unpaired) electrons. The number of benzene rings is 2. The SMILES string of the molecule is Cc1c(O)ccc(CC2CCC(c3ccc(O)cc3)CC2)c1C. The van der Waals surface area contributed by atoms with Crippen LogP contribution in [-0.2, 0) is 6.42 Å². The fraction of sp³-hybridized carbons (Fsp3) is 0.429. The lowest BCUT2D eigenvalue weighted by atomic mass is 9.76. The molecule has 0 amide bonds. The zero-order valence-corrected chi connectivity index (χ0v) is 14.0. The molecule has 0 atom stereocenters. The fourth-order valence-electron chi connectivity index (χ4n) is 3.84. The van der Waals surface area contributed by atoms with Crippen LogP contribution in [0.3, 0.4) is 0 Å². The molecule has 2 nitrogen and oxygen atoms in total. The van der Waals surface area contributed by atoms with Crippen molar-refractivity contribution in [3.8, 4) is 11.5 Å². The van der Waals surface area contributed by atoms with Gasteiger partial charge in [0.15, 0.2) is 0 Å². The second-order valence-corrected chi connectivity index (χ2v) is 7.01. The molecule has 0 heterocycles. The lowest BCUT2D eigenvalue weighted by Crippen LogP contribution is -2.15. The van der Waals surface area contributed by atoms with Crippen molar-refractivity contribution in [1.29, 1.82) is 0 Å². The van der Waals surface area contributed by atoms with E-state index < -0.39 is 0 Å². The number of phenolic OH excluding ortho intramolecular Hbond substituents is 2. The molecule has 0 aliphatic heterocycles. The molecule has 0 saturated heterocycles. The van der Waals surface area contributed by atoms with Crippen LogP contribution >= 0.6 is 0 Å². The molecule has 2 aromatic carbocycles. The zero-order valence-electron chi connectivity index (χ0n) is 14.0. The number of hydrogen-bond donors (Lipinski definition) is 2. The number of hydrogen-bond acceptors (Lipinski definition) is 2. The molecule has 1 aliphatic carbocycles. The molecule has 2 heteroatoms. The van der Waals surface area contributed by atoms with E-state index in [0.717, 1.165) is 17.9 Å². The summed E-state index contributed by atoms with van der Waals surface area (Å²) in [6.07, 6.45) is 6.09. The van der Waals surface area contributed by atoms with Crippen LogP contribution in [0.1, 0.15) is 53.9 Å². The summed E-state index contributed by atoms with van der Waals surface area (Å²) in [4.78, 5) is 0. The molecule has 3 rings (SSSR count). The van der Waals surface area contributed by atoms with Crippen molar-refractivity contribution in [3.05, 3.63) is 58.7 Å². The van der Waals surface area contributed by atoms with Gasteiger partial charge >= 0.3 is 0 Å². The maximum Gasteiger partial charge on any atom is 0.118 e. The first-order chi connectivity index (χ1) is 11.0. The standard InChI is InChI=1S/C21H26O2/c1-14-15(2)21(23)12-9-19(14)13-16-3-5-17(6-4-16)18-7-10-20(22)11-8-18/h7-12,16-17,22-23H,3-6,13H2,1-2H3. The Morgan fingerprint density at radius 2 is 1.48 bits per heavy atom. The second kappa shape index (κ2) is 6.66. The molecular formula is C21H26O2. The largest absolute Gasteiger partial charge is 0.508 e. The average Bonchev–Trinajstić information content (AvgIpc) is 2.57. The first kappa shape index (κ1) is 15.9. The highest BCUT2D eigenvalue weighted by Gasteiger charge is 2.23. The zero-order chi connectivity index (χ0) is 16.4. The molecule has 1 saturated carbocycles. The minimum absolute atomic E-state index is 0.348. The molecule has 1 fully saturated rings. The van der Waals surface area contributed by atoms with Crippen LogP contribution in [0.15, 0.2) is 36.4 Å². The number of aromatic hydroxyl groups is 2. The molecule has 23 heavy (non-hydrogen) atoms. The maximum atomic E-state index is 9.79. The summed E-state index contributed by atoms with van der Waals surface area (Å²) in [5, 5.41) is 19.2. The van der Waals surface area contributed by atoms with Gasteiger partial charge in [-0.25, -0.2) is 0 Å². The van der Waals surface area contributed by atoms with Crippen LogP contribution in [0.25, 0.3) is 0 Å². The summed E-state index contributed by atoms with van der Waals surface area (Å²) >= 11 is 0. The Labute approximate surface area is 138 Å². The van der Waals surface area contributed by atoms with Crippen LogP contribution in [0.5, 0.6) is 11.5 Å². The Morgan fingerprint density at radius 1 is 0.826 bits per heavy atom. The van der Waals surface area contributed by atoms with Crippen molar-refractivity contribution in [3.63, 3.8) is 0 Å². The minimum Gasteiger partial charge on any atom is -0.508 e. The highest BCUT2D eigenvalue weighted by atomic mass is 16.3. The predicted octanol–water partition coefficient (Wildman–Crippen LogP) is 5.23. The van der Waals surface area contributed by atoms with Gasteiger partial charge in [0, 0.05) is 0 Å². The van der Waals surface area contributed by atoms with Gasteiger partial charge in [-0.3, -0.25) is 0 Å². The van der Waals surface area contributed by atoms with Gasteiger partial charge in [0.2, 0.25) is 0 Å². The normalized spacial score (nSPS) is 21.3. The van der Waals surface area contributed by atoms with Crippen LogP contribution < -0.4 is 0 Å². The van der Waals surface area contributed by atoms with E-state index in [2.05, 4.69) is 25.1 Å². The van der Waals surface area contributed by atoms with Crippen molar-refractivity contribution in [2.24, 2.45) is 5.92 Å². The smallest absolute Gasteiger partial charge is 0.118 e. The summed E-state index contributed by atoms with van der Waals surface area (Å²) in [6.45, 7) is 4.11. The molecule has 2 aromatic rings. The van der Waals surface area contributed by atoms with Crippen molar-refractivity contribution < 1.29 is 10.2 Å². The molecule has 2 N–H and O–H groups in total.